The van der Waals surface area contributed by atoms with E-state index < -0.39 is 0 Å². The molecule has 2 heteroatoms. The van der Waals surface area contributed by atoms with E-state index in [0.29, 0.717) is 6.04 Å². The third-order valence-electron chi connectivity index (χ3n) is 3.70. The first-order valence-electron chi connectivity index (χ1n) is 6.99. The van der Waals surface area contributed by atoms with Crippen LogP contribution in [0.5, 0.6) is 0 Å². The highest BCUT2D eigenvalue weighted by Gasteiger charge is 2.16. The highest BCUT2D eigenvalue weighted by Crippen LogP contribution is 2.30. The molecule has 19 heavy (non-hydrogen) atoms. The van der Waals surface area contributed by atoms with Gasteiger partial charge < -0.3 is 10.6 Å². The number of fused-ring (bicyclic) bond motifs is 1. The minimum absolute atomic E-state index is 0.262. The molecule has 0 aliphatic carbocycles. The van der Waals surface area contributed by atoms with Crippen LogP contribution in [-0.2, 0) is 0 Å². The molecule has 0 bridgehead atoms. The molecule has 2 rings (SSSR count). The van der Waals surface area contributed by atoms with E-state index in [1.54, 1.807) is 0 Å². The van der Waals surface area contributed by atoms with Crippen molar-refractivity contribution >= 4 is 10.8 Å². The minimum atomic E-state index is 0.262. The Labute approximate surface area is 116 Å². The van der Waals surface area contributed by atoms with Gasteiger partial charge in [-0.2, -0.15) is 0 Å². The second-order valence-electron chi connectivity index (χ2n) is 5.60. The molecule has 2 aromatic carbocycles. The Bertz CT molecular complexity index is 526. The van der Waals surface area contributed by atoms with Crippen molar-refractivity contribution in [1.82, 2.24) is 4.90 Å². The van der Waals surface area contributed by atoms with Crippen molar-refractivity contribution in [2.75, 3.05) is 14.1 Å². The molecule has 0 amide bonds. The molecule has 0 spiro atoms. The fourth-order valence-corrected chi connectivity index (χ4v) is 2.65. The van der Waals surface area contributed by atoms with Crippen LogP contribution >= 0.6 is 0 Å². The maximum Gasteiger partial charge on any atom is 0.0348 e. The van der Waals surface area contributed by atoms with Crippen LogP contribution in [0.4, 0.5) is 0 Å². The van der Waals surface area contributed by atoms with Gasteiger partial charge in [-0.25, -0.2) is 0 Å². The molecule has 0 aromatic heterocycles. The number of rotatable bonds is 5. The number of hydrogen-bond acceptors (Lipinski definition) is 2. The minimum Gasteiger partial charge on any atom is -0.328 e. The van der Waals surface area contributed by atoms with E-state index in [2.05, 4.69) is 68.4 Å². The fraction of sp³-hybridized carbons (Fsp3) is 0.412. The first-order valence-corrected chi connectivity index (χ1v) is 6.99. The topological polar surface area (TPSA) is 29.3 Å². The lowest BCUT2D eigenvalue weighted by molar-refractivity contribution is 0.276. The van der Waals surface area contributed by atoms with E-state index in [0.717, 1.165) is 12.8 Å². The van der Waals surface area contributed by atoms with Crippen LogP contribution in [0.15, 0.2) is 42.5 Å². The zero-order valence-corrected chi connectivity index (χ0v) is 12.1. The molecule has 0 aliphatic rings. The summed E-state index contributed by atoms with van der Waals surface area (Å²) in [5.41, 5.74) is 7.32. The Morgan fingerprint density at radius 1 is 1.00 bits per heavy atom. The van der Waals surface area contributed by atoms with Gasteiger partial charge in [0, 0.05) is 12.1 Å². The smallest absolute Gasteiger partial charge is 0.0348 e. The van der Waals surface area contributed by atoms with E-state index >= 15 is 0 Å². The number of nitrogens with zero attached hydrogens (tertiary/aromatic N) is 1. The molecule has 0 radical (unpaired) electrons. The summed E-state index contributed by atoms with van der Waals surface area (Å²) in [7, 11) is 4.29. The Morgan fingerprint density at radius 3 is 2.37 bits per heavy atom. The fourth-order valence-electron chi connectivity index (χ4n) is 2.65. The van der Waals surface area contributed by atoms with Crippen molar-refractivity contribution in [3.05, 3.63) is 48.0 Å². The van der Waals surface area contributed by atoms with Gasteiger partial charge in [-0.05, 0) is 50.2 Å². The predicted molar refractivity (Wildman–Crippen MR) is 83.3 cm³/mol. The summed E-state index contributed by atoms with van der Waals surface area (Å²) in [4.78, 5) is 2.30. The third kappa shape index (κ3) is 3.34. The maximum absolute atomic E-state index is 5.91. The molecular weight excluding hydrogens is 232 g/mol. The molecule has 102 valence electrons. The van der Waals surface area contributed by atoms with Gasteiger partial charge in [-0.3, -0.25) is 0 Å². The Kier molecular flexibility index (Phi) is 4.56. The Balaban J connectivity index is 2.38. The van der Waals surface area contributed by atoms with Crippen LogP contribution in [0.25, 0.3) is 10.8 Å². The zero-order chi connectivity index (χ0) is 13.8. The molecule has 2 aromatic rings. The average Bonchev–Trinajstić information content (AvgIpc) is 2.38. The van der Waals surface area contributed by atoms with Gasteiger partial charge in [0.15, 0.2) is 0 Å². The van der Waals surface area contributed by atoms with Crippen LogP contribution in [-0.4, -0.2) is 25.0 Å². The first kappa shape index (κ1) is 14.0. The summed E-state index contributed by atoms with van der Waals surface area (Å²) in [5.74, 6) is 0. The van der Waals surface area contributed by atoms with Crippen molar-refractivity contribution in [3.8, 4) is 0 Å². The third-order valence-corrected chi connectivity index (χ3v) is 3.70. The van der Waals surface area contributed by atoms with Gasteiger partial charge in [0.25, 0.3) is 0 Å². The molecule has 0 saturated carbocycles. The predicted octanol–water partition coefficient (Wildman–Crippen LogP) is 3.57. The summed E-state index contributed by atoms with van der Waals surface area (Å²) in [6, 6.07) is 15.9. The summed E-state index contributed by atoms with van der Waals surface area (Å²) in [5, 5.41) is 2.67. The van der Waals surface area contributed by atoms with Crippen LogP contribution < -0.4 is 5.73 Å². The first-order chi connectivity index (χ1) is 9.09. The zero-order valence-electron chi connectivity index (χ0n) is 12.1. The van der Waals surface area contributed by atoms with Crippen LogP contribution in [0.3, 0.4) is 0 Å². The quantitative estimate of drug-likeness (QED) is 0.886. The molecule has 0 fully saturated rings. The Hall–Kier alpha value is -1.38. The number of benzene rings is 2. The SMILES string of the molecule is CC(N)CCC(c1cccc2ccccc12)N(C)C. The van der Waals surface area contributed by atoms with E-state index in [9.17, 15) is 0 Å². The van der Waals surface area contributed by atoms with Gasteiger partial charge in [-0.1, -0.05) is 42.5 Å². The van der Waals surface area contributed by atoms with Gasteiger partial charge >= 0.3 is 0 Å². The Morgan fingerprint density at radius 2 is 1.68 bits per heavy atom. The van der Waals surface area contributed by atoms with E-state index in [4.69, 9.17) is 5.73 Å². The molecule has 2 atom stereocenters. The summed E-state index contributed by atoms with van der Waals surface area (Å²) in [6.07, 6.45) is 2.14. The van der Waals surface area contributed by atoms with Crippen molar-refractivity contribution in [1.29, 1.82) is 0 Å². The monoisotopic (exact) mass is 256 g/mol. The lowest BCUT2D eigenvalue weighted by Crippen LogP contribution is -2.23. The van der Waals surface area contributed by atoms with Gasteiger partial charge in [0.2, 0.25) is 0 Å². The molecular formula is C17H24N2. The highest BCUT2D eigenvalue weighted by atomic mass is 15.1. The van der Waals surface area contributed by atoms with Gasteiger partial charge in [0.1, 0.15) is 0 Å². The summed E-state index contributed by atoms with van der Waals surface area (Å²) < 4.78 is 0. The van der Waals surface area contributed by atoms with E-state index in [1.165, 1.54) is 16.3 Å². The lowest BCUT2D eigenvalue weighted by atomic mass is 9.94. The maximum atomic E-state index is 5.91. The summed E-state index contributed by atoms with van der Waals surface area (Å²) >= 11 is 0. The molecule has 0 saturated heterocycles. The summed E-state index contributed by atoms with van der Waals surface area (Å²) in [6.45, 7) is 2.08. The molecule has 2 unspecified atom stereocenters. The average molecular weight is 256 g/mol. The lowest BCUT2D eigenvalue weighted by Gasteiger charge is -2.26. The van der Waals surface area contributed by atoms with E-state index in [1.807, 2.05) is 0 Å². The normalized spacial score (nSPS) is 14.8. The molecule has 0 heterocycles. The van der Waals surface area contributed by atoms with Crippen molar-refractivity contribution < 1.29 is 0 Å². The van der Waals surface area contributed by atoms with Crippen LogP contribution in [0.2, 0.25) is 0 Å². The van der Waals surface area contributed by atoms with Crippen molar-refractivity contribution in [2.45, 2.75) is 31.8 Å². The van der Waals surface area contributed by atoms with E-state index in [-0.39, 0.29) is 6.04 Å². The van der Waals surface area contributed by atoms with Crippen molar-refractivity contribution in [2.24, 2.45) is 5.73 Å². The van der Waals surface area contributed by atoms with Gasteiger partial charge in [-0.15, -0.1) is 0 Å². The molecule has 2 N–H and O–H groups in total. The number of nitrogens with two attached hydrogens (primary N) is 1. The molecule has 0 aliphatic heterocycles. The van der Waals surface area contributed by atoms with Gasteiger partial charge in [0.05, 0.1) is 0 Å². The number of hydrogen-bond donors (Lipinski definition) is 1. The van der Waals surface area contributed by atoms with Crippen LogP contribution in [0.1, 0.15) is 31.4 Å². The molecule has 2 nitrogen and oxygen atoms in total. The highest BCUT2D eigenvalue weighted by molar-refractivity contribution is 5.86. The standard InChI is InChI=1S/C17H24N2/c1-13(18)11-12-17(19(2)3)16-10-6-8-14-7-4-5-9-15(14)16/h4-10,13,17H,11-12,18H2,1-3H3. The van der Waals surface area contributed by atoms with Crippen LogP contribution in [0, 0.1) is 0 Å². The van der Waals surface area contributed by atoms with Crippen molar-refractivity contribution in [3.63, 3.8) is 0 Å². The second-order valence-corrected chi connectivity index (χ2v) is 5.60. The second kappa shape index (κ2) is 6.18. The largest absolute Gasteiger partial charge is 0.328 e.